The number of phenolic OH excluding ortho intramolecular Hbond substituents is 1. The van der Waals surface area contributed by atoms with E-state index in [9.17, 15) is 42.8 Å². The summed E-state index contributed by atoms with van der Waals surface area (Å²) in [7, 11) is 2.32. The molecule has 13 heteroatoms. The third-order valence-electron chi connectivity index (χ3n) is 6.89. The lowest BCUT2D eigenvalue weighted by atomic mass is 9.97. The number of phenols is 1. The minimum Gasteiger partial charge on any atom is -0.507 e. The molecule has 0 spiro atoms. The molecule has 1 atom stereocenters. The zero-order valence-electron chi connectivity index (χ0n) is 23.8. The smallest absolute Gasteiger partial charge is 0.416 e. The Hall–Kier alpha value is -5.72. The number of nitro groups is 1. The number of rotatable bonds is 9. The highest BCUT2D eigenvalue weighted by molar-refractivity contribution is 5.98. The molecular weight excluding hydrogens is 597 g/mol. The Morgan fingerprint density at radius 2 is 1.44 bits per heavy atom. The molecule has 0 radical (unpaired) electrons. The van der Waals surface area contributed by atoms with Crippen molar-refractivity contribution in [2.75, 3.05) is 14.2 Å². The van der Waals surface area contributed by atoms with Crippen LogP contribution >= 0.6 is 0 Å². The Kier molecular flexibility index (Phi) is 9.51. The number of nitro benzene ring substituents is 1. The summed E-state index contributed by atoms with van der Waals surface area (Å²) in [5, 5.41) is 24.5. The van der Waals surface area contributed by atoms with Crippen molar-refractivity contribution in [3.05, 3.63) is 117 Å². The molecule has 0 fully saturated rings. The molecule has 0 aliphatic carbocycles. The quantitative estimate of drug-likeness (QED) is 0.123. The second-order valence-electron chi connectivity index (χ2n) is 9.75. The van der Waals surface area contributed by atoms with Crippen molar-refractivity contribution in [1.82, 2.24) is 5.32 Å². The van der Waals surface area contributed by atoms with Gasteiger partial charge in [-0.05, 0) is 58.1 Å². The van der Waals surface area contributed by atoms with Crippen LogP contribution in [0, 0.1) is 10.1 Å². The number of benzene rings is 4. The van der Waals surface area contributed by atoms with Crippen molar-refractivity contribution in [2.24, 2.45) is 0 Å². The summed E-state index contributed by atoms with van der Waals surface area (Å²) < 4.78 is 48.4. The maximum Gasteiger partial charge on any atom is 0.416 e. The van der Waals surface area contributed by atoms with Gasteiger partial charge in [-0.25, -0.2) is 4.79 Å². The minimum absolute atomic E-state index is 0.0278. The summed E-state index contributed by atoms with van der Waals surface area (Å²) in [5.41, 5.74) is 0.617. The highest BCUT2D eigenvalue weighted by Crippen LogP contribution is 2.33. The Labute approximate surface area is 254 Å². The Bertz CT molecular complexity index is 1750. The van der Waals surface area contributed by atoms with Gasteiger partial charge in [0.1, 0.15) is 5.75 Å². The van der Waals surface area contributed by atoms with E-state index in [2.05, 4.69) is 10.1 Å². The van der Waals surface area contributed by atoms with Gasteiger partial charge in [0.05, 0.1) is 48.3 Å². The molecule has 0 aliphatic heterocycles. The standard InChI is InChI=1S/C32H25F3N2O8/c1-44-29(39)17-27(20-5-3-19(4-6-20)22-13-23(31(41)45-2)15-25(14-22)37(42)43)36-30(40)26-16-21(9-12-28(26)38)18-7-10-24(11-8-18)32(33,34)35/h3-16,27,38H,17H2,1-2H3,(H,36,40). The maximum atomic E-state index is 13.3. The molecule has 0 saturated heterocycles. The van der Waals surface area contributed by atoms with Gasteiger partial charge in [0.2, 0.25) is 0 Å². The number of nitrogens with zero attached hydrogens (tertiary/aromatic N) is 1. The summed E-state index contributed by atoms with van der Waals surface area (Å²) in [4.78, 5) is 48.4. The number of aromatic hydroxyl groups is 1. The molecule has 1 unspecified atom stereocenters. The molecule has 4 aromatic rings. The number of methoxy groups -OCH3 is 2. The van der Waals surface area contributed by atoms with Crippen LogP contribution in [0.15, 0.2) is 84.9 Å². The number of ether oxygens (including phenoxy) is 2. The maximum absolute atomic E-state index is 13.3. The second-order valence-corrected chi connectivity index (χ2v) is 9.75. The van der Waals surface area contributed by atoms with Crippen molar-refractivity contribution in [1.29, 1.82) is 0 Å². The lowest BCUT2D eigenvalue weighted by Crippen LogP contribution is -2.30. The van der Waals surface area contributed by atoms with Crippen LogP contribution in [0.4, 0.5) is 18.9 Å². The van der Waals surface area contributed by atoms with Crippen LogP contribution in [-0.4, -0.2) is 42.1 Å². The Balaban J connectivity index is 1.63. The number of halogens is 3. The molecule has 4 rings (SSSR count). The number of carbonyl (C=O) groups excluding carboxylic acids is 3. The Morgan fingerprint density at radius 3 is 2.02 bits per heavy atom. The first-order valence-electron chi connectivity index (χ1n) is 13.2. The van der Waals surface area contributed by atoms with Gasteiger partial charge in [-0.2, -0.15) is 13.2 Å². The van der Waals surface area contributed by atoms with E-state index >= 15 is 0 Å². The summed E-state index contributed by atoms with van der Waals surface area (Å²) in [6.45, 7) is 0. The van der Waals surface area contributed by atoms with Crippen LogP contribution in [-0.2, 0) is 20.4 Å². The number of hydrogen-bond donors (Lipinski definition) is 2. The fourth-order valence-corrected chi connectivity index (χ4v) is 4.51. The average molecular weight is 623 g/mol. The van der Waals surface area contributed by atoms with Gasteiger partial charge >= 0.3 is 18.1 Å². The van der Waals surface area contributed by atoms with E-state index in [1.807, 2.05) is 0 Å². The number of alkyl halides is 3. The van der Waals surface area contributed by atoms with Crippen molar-refractivity contribution < 1.29 is 47.1 Å². The molecule has 0 saturated carbocycles. The third kappa shape index (κ3) is 7.63. The Morgan fingerprint density at radius 1 is 0.844 bits per heavy atom. The van der Waals surface area contributed by atoms with Gasteiger partial charge in [-0.15, -0.1) is 0 Å². The number of esters is 2. The highest BCUT2D eigenvalue weighted by atomic mass is 19.4. The predicted octanol–water partition coefficient (Wildman–Crippen LogP) is 6.47. The zero-order valence-corrected chi connectivity index (χ0v) is 23.8. The molecule has 0 aromatic heterocycles. The average Bonchev–Trinajstić information content (AvgIpc) is 3.03. The van der Waals surface area contributed by atoms with E-state index in [0.29, 0.717) is 27.8 Å². The number of non-ortho nitro benzene ring substituents is 1. The van der Waals surface area contributed by atoms with Crippen LogP contribution in [0.3, 0.4) is 0 Å². The number of amides is 1. The monoisotopic (exact) mass is 622 g/mol. The van der Waals surface area contributed by atoms with Gasteiger partial charge in [0.15, 0.2) is 0 Å². The number of carbonyl (C=O) groups is 3. The van der Waals surface area contributed by atoms with Gasteiger partial charge in [-0.1, -0.05) is 42.5 Å². The second kappa shape index (κ2) is 13.3. The molecule has 4 aromatic carbocycles. The van der Waals surface area contributed by atoms with Crippen LogP contribution in [0.5, 0.6) is 5.75 Å². The van der Waals surface area contributed by atoms with Gasteiger partial charge in [-0.3, -0.25) is 19.7 Å². The van der Waals surface area contributed by atoms with Crippen molar-refractivity contribution >= 4 is 23.5 Å². The molecule has 45 heavy (non-hydrogen) atoms. The van der Waals surface area contributed by atoms with Crippen LogP contribution in [0.1, 0.15) is 44.3 Å². The highest BCUT2D eigenvalue weighted by Gasteiger charge is 2.30. The molecule has 1 amide bonds. The van der Waals surface area contributed by atoms with E-state index in [4.69, 9.17) is 4.74 Å². The molecule has 0 bridgehead atoms. The van der Waals surface area contributed by atoms with E-state index in [1.165, 1.54) is 49.6 Å². The fraction of sp³-hybridized carbons (Fsp3) is 0.156. The molecular formula is C32H25F3N2O8. The van der Waals surface area contributed by atoms with Gasteiger partial charge < -0.3 is 19.9 Å². The van der Waals surface area contributed by atoms with Crippen molar-refractivity contribution in [2.45, 2.75) is 18.6 Å². The largest absolute Gasteiger partial charge is 0.507 e. The molecule has 232 valence electrons. The van der Waals surface area contributed by atoms with E-state index in [0.717, 1.165) is 25.3 Å². The van der Waals surface area contributed by atoms with Crippen LogP contribution in [0.2, 0.25) is 0 Å². The van der Waals surface area contributed by atoms with Gasteiger partial charge in [0, 0.05) is 12.1 Å². The topological polar surface area (TPSA) is 145 Å². The first kappa shape index (κ1) is 32.2. The summed E-state index contributed by atoms with van der Waals surface area (Å²) in [6.07, 6.45) is -4.82. The lowest BCUT2D eigenvalue weighted by Gasteiger charge is -2.19. The molecule has 2 N–H and O–H groups in total. The first-order valence-corrected chi connectivity index (χ1v) is 13.2. The number of hydrogen-bond acceptors (Lipinski definition) is 8. The zero-order chi connectivity index (χ0) is 32.9. The van der Waals surface area contributed by atoms with Gasteiger partial charge in [0.25, 0.3) is 11.6 Å². The first-order chi connectivity index (χ1) is 21.3. The predicted molar refractivity (Wildman–Crippen MR) is 155 cm³/mol. The summed E-state index contributed by atoms with van der Waals surface area (Å²) in [5.74, 6) is -2.60. The lowest BCUT2D eigenvalue weighted by molar-refractivity contribution is -0.384. The van der Waals surface area contributed by atoms with Crippen molar-refractivity contribution in [3.8, 4) is 28.0 Å². The van der Waals surface area contributed by atoms with Crippen molar-refractivity contribution in [3.63, 3.8) is 0 Å². The number of nitrogens with one attached hydrogen (secondary N) is 1. The molecule has 10 nitrogen and oxygen atoms in total. The minimum atomic E-state index is -4.52. The normalized spacial score (nSPS) is 11.8. The SMILES string of the molecule is COC(=O)CC(NC(=O)c1cc(-c2ccc(C(F)(F)F)cc2)ccc1O)c1ccc(-c2cc(C(=O)OC)cc([N+](=O)[O-])c2)cc1. The van der Waals surface area contributed by atoms with Crippen LogP contribution < -0.4 is 5.32 Å². The third-order valence-corrected chi connectivity index (χ3v) is 6.89. The molecule has 0 heterocycles. The van der Waals surface area contributed by atoms with Crippen LogP contribution in [0.25, 0.3) is 22.3 Å². The van der Waals surface area contributed by atoms with E-state index < -0.39 is 46.3 Å². The summed E-state index contributed by atoms with van der Waals surface area (Å²) in [6, 6.07) is 17.4. The molecule has 0 aliphatic rings. The summed E-state index contributed by atoms with van der Waals surface area (Å²) >= 11 is 0. The van der Waals surface area contributed by atoms with E-state index in [1.54, 1.807) is 24.3 Å². The fourth-order valence-electron chi connectivity index (χ4n) is 4.51. The van der Waals surface area contributed by atoms with E-state index in [-0.39, 0.29) is 23.2 Å².